The molecule has 0 aromatic heterocycles. The van der Waals surface area contributed by atoms with E-state index in [9.17, 15) is 0 Å². The fraction of sp³-hybridized carbons (Fsp3) is 0.138. The van der Waals surface area contributed by atoms with Gasteiger partial charge in [0, 0.05) is 0 Å². The van der Waals surface area contributed by atoms with Crippen LogP contribution in [0.5, 0.6) is 0 Å². The molecule has 13 rings (SSSR count). The Balaban J connectivity index is 1.12. The maximum absolute atomic E-state index is 2.42. The summed E-state index contributed by atoms with van der Waals surface area (Å²) >= 11 is 0. The van der Waals surface area contributed by atoms with Crippen LogP contribution in [0.25, 0.3) is 131 Å². The molecule has 274 valence electrons. The summed E-state index contributed by atoms with van der Waals surface area (Å²) in [5.41, 5.74) is 13.6. The van der Waals surface area contributed by atoms with Crippen LogP contribution in [0.1, 0.15) is 52.7 Å². The molecule has 0 spiro atoms. The Morgan fingerprint density at radius 2 is 0.534 bits per heavy atom. The summed E-state index contributed by atoms with van der Waals surface area (Å²) < 4.78 is 0. The molecule has 11 aromatic rings. The molecule has 0 atom stereocenters. The molecule has 0 N–H and O–H groups in total. The summed E-state index contributed by atoms with van der Waals surface area (Å²) in [6, 6.07) is 56.5. The summed E-state index contributed by atoms with van der Waals surface area (Å²) in [6.45, 7) is 14.0. The highest BCUT2D eigenvalue weighted by Gasteiger charge is 2.29. The summed E-state index contributed by atoms with van der Waals surface area (Å²) in [4.78, 5) is 0. The van der Waals surface area contributed by atoms with Crippen molar-refractivity contribution in [3.05, 3.63) is 157 Å². The Labute approximate surface area is 338 Å². The first kappa shape index (κ1) is 32.6. The average molecular weight is 739 g/mol. The van der Waals surface area contributed by atoms with Gasteiger partial charge in [0.15, 0.2) is 0 Å². The van der Waals surface area contributed by atoms with Crippen LogP contribution in [0.15, 0.2) is 146 Å². The van der Waals surface area contributed by atoms with Crippen molar-refractivity contribution in [3.63, 3.8) is 0 Å². The number of hydrogen-bond acceptors (Lipinski definition) is 0. The van der Waals surface area contributed by atoms with Gasteiger partial charge in [-0.15, -0.1) is 0 Å². The van der Waals surface area contributed by atoms with Crippen molar-refractivity contribution >= 4 is 86.2 Å². The van der Waals surface area contributed by atoms with E-state index in [0.29, 0.717) is 0 Å². The predicted molar refractivity (Wildman–Crippen MR) is 253 cm³/mol. The van der Waals surface area contributed by atoms with Crippen LogP contribution in [0, 0.1) is 0 Å². The van der Waals surface area contributed by atoms with Crippen LogP contribution in [-0.4, -0.2) is 0 Å². The highest BCUT2D eigenvalue weighted by molar-refractivity contribution is 6.38. The van der Waals surface area contributed by atoms with Gasteiger partial charge < -0.3 is 0 Å². The van der Waals surface area contributed by atoms with Crippen molar-refractivity contribution in [1.29, 1.82) is 0 Å². The second-order valence-corrected chi connectivity index (χ2v) is 19.1. The zero-order valence-corrected chi connectivity index (χ0v) is 33.9. The van der Waals surface area contributed by atoms with Crippen LogP contribution in [0.3, 0.4) is 0 Å². The molecule has 0 radical (unpaired) electrons. The Morgan fingerprint density at radius 1 is 0.241 bits per heavy atom. The summed E-state index contributed by atoms with van der Waals surface area (Å²) in [7, 11) is 0. The Kier molecular flexibility index (Phi) is 6.01. The SMILES string of the molecule is CC(C)(C)c1ccc2c3c1ccc1ccc4c(-c5c6ccccc6c(-c6ccc7c8c6ccc6ccc9c(C(C)(C)C)ccc-7c9c68)c6ccccc56)ccc-2c4c13. The molecule has 0 amide bonds. The van der Waals surface area contributed by atoms with Crippen molar-refractivity contribution < 1.29 is 0 Å². The largest absolute Gasteiger partial charge is 0.0616 e. The van der Waals surface area contributed by atoms with Crippen molar-refractivity contribution in [3.8, 4) is 44.5 Å². The summed E-state index contributed by atoms with van der Waals surface area (Å²) in [5, 5.41) is 21.7. The lowest BCUT2D eigenvalue weighted by Crippen LogP contribution is -2.11. The molecular formula is C58H42. The fourth-order valence-electron chi connectivity index (χ4n) is 11.6. The monoisotopic (exact) mass is 738 g/mol. The van der Waals surface area contributed by atoms with Gasteiger partial charge in [-0.25, -0.2) is 0 Å². The molecule has 0 saturated heterocycles. The zero-order chi connectivity index (χ0) is 39.0. The molecule has 11 aromatic carbocycles. The van der Waals surface area contributed by atoms with Crippen LogP contribution in [0.2, 0.25) is 0 Å². The van der Waals surface area contributed by atoms with Crippen LogP contribution in [-0.2, 0) is 10.8 Å². The molecular weight excluding hydrogens is 697 g/mol. The second-order valence-electron chi connectivity index (χ2n) is 19.1. The third-order valence-corrected chi connectivity index (χ3v) is 13.9. The molecule has 2 aliphatic rings. The number of rotatable bonds is 2. The van der Waals surface area contributed by atoms with Gasteiger partial charge in [-0.2, -0.15) is 0 Å². The lowest BCUT2D eigenvalue weighted by atomic mass is 9.82. The Morgan fingerprint density at radius 3 is 0.879 bits per heavy atom. The van der Waals surface area contributed by atoms with Gasteiger partial charge in [-0.05, 0) is 153 Å². The minimum absolute atomic E-state index is 0.0577. The van der Waals surface area contributed by atoms with Crippen LogP contribution >= 0.6 is 0 Å². The first-order valence-corrected chi connectivity index (χ1v) is 20.9. The third kappa shape index (κ3) is 3.96. The molecule has 0 bridgehead atoms. The molecule has 2 aliphatic carbocycles. The summed E-state index contributed by atoms with van der Waals surface area (Å²) in [5.74, 6) is 0. The topological polar surface area (TPSA) is 0 Å². The summed E-state index contributed by atoms with van der Waals surface area (Å²) in [6.07, 6.45) is 0. The van der Waals surface area contributed by atoms with E-state index in [2.05, 4.69) is 187 Å². The Hall–Kier alpha value is -6.50. The Bertz CT molecular complexity index is 3420. The van der Waals surface area contributed by atoms with Gasteiger partial charge in [0.2, 0.25) is 0 Å². The fourth-order valence-corrected chi connectivity index (χ4v) is 11.6. The van der Waals surface area contributed by atoms with E-state index in [1.807, 2.05) is 0 Å². The standard InChI is InChI=1S/C58H42/c1-57(2,3)47-29-27-43-41-25-23-37(39-19-15-31-17-21-45(47)55(43)49(31)53(39)41)51-33-11-7-9-13-35(33)52(36-14-10-8-12-34(36)51)38-24-26-42-44-28-30-48(58(4,5)6)46-22-18-32-16-20-40(38)54(42)50(32)56(44)46/h7-30H,1-6H3. The molecule has 58 heavy (non-hydrogen) atoms. The van der Waals surface area contributed by atoms with E-state index < -0.39 is 0 Å². The number of benzene rings is 11. The highest BCUT2D eigenvalue weighted by atomic mass is 14.3. The minimum Gasteiger partial charge on any atom is -0.0616 e. The van der Waals surface area contributed by atoms with Crippen molar-refractivity contribution in [1.82, 2.24) is 0 Å². The van der Waals surface area contributed by atoms with E-state index in [0.717, 1.165) is 0 Å². The average Bonchev–Trinajstić information content (AvgIpc) is 3.75. The van der Waals surface area contributed by atoms with Crippen LogP contribution < -0.4 is 0 Å². The minimum atomic E-state index is 0.0577. The zero-order valence-electron chi connectivity index (χ0n) is 33.9. The predicted octanol–water partition coefficient (Wildman–Crippen LogP) is 16.8. The molecule has 0 unspecified atom stereocenters. The lowest BCUT2D eigenvalue weighted by molar-refractivity contribution is 0.596. The van der Waals surface area contributed by atoms with Crippen molar-refractivity contribution in [2.75, 3.05) is 0 Å². The van der Waals surface area contributed by atoms with Crippen molar-refractivity contribution in [2.24, 2.45) is 0 Å². The smallest absolute Gasteiger partial charge is 0.00139 e. The normalized spacial score (nSPS) is 13.3. The molecule has 0 heteroatoms. The number of fused-ring (bicyclic) bond motifs is 4. The first-order chi connectivity index (χ1) is 28.1. The molecule has 0 heterocycles. The lowest BCUT2D eigenvalue weighted by Gasteiger charge is -2.22. The maximum atomic E-state index is 2.42. The third-order valence-electron chi connectivity index (χ3n) is 13.9. The van der Waals surface area contributed by atoms with Crippen molar-refractivity contribution in [2.45, 2.75) is 52.4 Å². The van der Waals surface area contributed by atoms with Crippen LogP contribution in [0.4, 0.5) is 0 Å². The van der Waals surface area contributed by atoms with Gasteiger partial charge in [-0.3, -0.25) is 0 Å². The van der Waals surface area contributed by atoms with Gasteiger partial charge in [0.1, 0.15) is 0 Å². The van der Waals surface area contributed by atoms with E-state index in [1.165, 1.54) is 142 Å². The van der Waals surface area contributed by atoms with Gasteiger partial charge in [0.05, 0.1) is 0 Å². The van der Waals surface area contributed by atoms with Gasteiger partial charge in [-0.1, -0.05) is 187 Å². The van der Waals surface area contributed by atoms with E-state index in [-0.39, 0.29) is 10.8 Å². The molecule has 0 saturated carbocycles. The maximum Gasteiger partial charge on any atom is -0.00139 e. The van der Waals surface area contributed by atoms with E-state index in [1.54, 1.807) is 0 Å². The first-order valence-electron chi connectivity index (χ1n) is 20.9. The van der Waals surface area contributed by atoms with E-state index in [4.69, 9.17) is 0 Å². The molecule has 0 fully saturated rings. The second kappa shape index (κ2) is 10.7. The van der Waals surface area contributed by atoms with Gasteiger partial charge >= 0.3 is 0 Å². The molecule has 0 aliphatic heterocycles. The molecule has 0 nitrogen and oxygen atoms in total. The highest BCUT2D eigenvalue weighted by Crippen LogP contribution is 2.55. The van der Waals surface area contributed by atoms with E-state index >= 15 is 0 Å². The quantitative estimate of drug-likeness (QED) is 0.122. The number of hydrogen-bond donors (Lipinski definition) is 0. The van der Waals surface area contributed by atoms with Gasteiger partial charge in [0.25, 0.3) is 0 Å².